The number of esters is 1. The van der Waals surface area contributed by atoms with E-state index in [0.29, 0.717) is 12.4 Å². The van der Waals surface area contributed by atoms with Crippen molar-refractivity contribution in [1.29, 1.82) is 0 Å². The van der Waals surface area contributed by atoms with Gasteiger partial charge in [-0.25, -0.2) is 18.6 Å². The van der Waals surface area contributed by atoms with E-state index in [9.17, 15) is 13.6 Å². The van der Waals surface area contributed by atoms with Crippen molar-refractivity contribution in [1.82, 2.24) is 9.55 Å². The molecular weight excluding hydrogens is 494 g/mol. The molecule has 0 atom stereocenters. The van der Waals surface area contributed by atoms with Crippen LogP contribution < -0.4 is 0 Å². The Labute approximate surface area is 223 Å². The highest BCUT2D eigenvalue weighted by Gasteiger charge is 2.20. The number of benzene rings is 5. The summed E-state index contributed by atoms with van der Waals surface area (Å²) in [6.45, 7) is 0.472. The lowest BCUT2D eigenvalue weighted by atomic mass is 10.0. The van der Waals surface area contributed by atoms with E-state index in [-0.39, 0.29) is 16.9 Å². The molecule has 0 unspecified atom stereocenters. The van der Waals surface area contributed by atoms with Gasteiger partial charge in [-0.05, 0) is 52.7 Å². The highest BCUT2D eigenvalue weighted by molar-refractivity contribution is 5.95. The summed E-state index contributed by atoms with van der Waals surface area (Å²) < 4.78 is 37.0. The van der Waals surface area contributed by atoms with Gasteiger partial charge in [0.05, 0.1) is 28.7 Å². The van der Waals surface area contributed by atoms with Gasteiger partial charge >= 0.3 is 5.97 Å². The summed E-state index contributed by atoms with van der Waals surface area (Å²) in [4.78, 5) is 17.8. The van der Waals surface area contributed by atoms with E-state index < -0.39 is 17.6 Å². The Morgan fingerprint density at radius 1 is 0.744 bits per heavy atom. The van der Waals surface area contributed by atoms with E-state index in [4.69, 9.17) is 9.72 Å². The molecule has 190 valence electrons. The van der Waals surface area contributed by atoms with Gasteiger partial charge in [-0.2, -0.15) is 0 Å². The van der Waals surface area contributed by atoms with Gasteiger partial charge in [0.1, 0.15) is 23.2 Å². The number of hydrogen-bond acceptors (Lipinski definition) is 3. The molecule has 0 fully saturated rings. The first-order valence-electron chi connectivity index (χ1n) is 12.4. The average Bonchev–Trinajstić information content (AvgIpc) is 3.30. The van der Waals surface area contributed by atoms with Gasteiger partial charge in [-0.3, -0.25) is 0 Å². The summed E-state index contributed by atoms with van der Waals surface area (Å²) in [6.07, 6.45) is 1.53. The Kier molecular flexibility index (Phi) is 6.43. The molecule has 1 aromatic heterocycles. The zero-order valence-corrected chi connectivity index (χ0v) is 20.7. The summed E-state index contributed by atoms with van der Waals surface area (Å²) >= 11 is 0. The molecule has 1 heterocycles. The lowest BCUT2D eigenvalue weighted by Crippen LogP contribution is -2.09. The molecule has 0 saturated carbocycles. The number of rotatable bonds is 6. The van der Waals surface area contributed by atoms with E-state index in [0.717, 1.165) is 27.4 Å². The first-order valence-corrected chi connectivity index (χ1v) is 12.4. The average molecular weight is 517 g/mol. The summed E-state index contributed by atoms with van der Waals surface area (Å²) in [5.41, 5.74) is 2.49. The van der Waals surface area contributed by atoms with Gasteiger partial charge in [0.15, 0.2) is 0 Å². The number of carbonyl (C=O) groups excluding carboxylic acids is 1. The normalized spacial score (nSPS) is 11.7. The van der Waals surface area contributed by atoms with Crippen LogP contribution in [0.3, 0.4) is 0 Å². The number of ether oxygens (including phenoxy) is 1. The Bertz CT molecular complexity index is 1870. The minimum atomic E-state index is -0.931. The van der Waals surface area contributed by atoms with Crippen molar-refractivity contribution in [2.24, 2.45) is 0 Å². The Morgan fingerprint density at radius 3 is 2.18 bits per heavy atom. The van der Waals surface area contributed by atoms with E-state index in [2.05, 4.69) is 24.3 Å². The van der Waals surface area contributed by atoms with E-state index in [1.165, 1.54) is 42.5 Å². The second-order valence-electron chi connectivity index (χ2n) is 9.04. The van der Waals surface area contributed by atoms with Gasteiger partial charge in [0.2, 0.25) is 0 Å². The van der Waals surface area contributed by atoms with E-state index in [1.807, 2.05) is 47.0 Å². The maximum Gasteiger partial charge on any atom is 0.346 e. The van der Waals surface area contributed by atoms with Crippen LogP contribution in [-0.2, 0) is 11.3 Å². The van der Waals surface area contributed by atoms with E-state index in [1.54, 1.807) is 12.1 Å². The highest BCUT2D eigenvalue weighted by Crippen LogP contribution is 2.28. The fourth-order valence-electron chi connectivity index (χ4n) is 4.69. The second-order valence-corrected chi connectivity index (χ2v) is 9.04. The number of imidazole rings is 1. The molecular formula is C33H22F2N2O2. The van der Waals surface area contributed by atoms with Crippen LogP contribution in [0.15, 0.2) is 115 Å². The van der Waals surface area contributed by atoms with Crippen LogP contribution in [0.2, 0.25) is 0 Å². The third-order valence-electron chi connectivity index (χ3n) is 6.59. The molecule has 0 aliphatic carbocycles. The zero-order valence-electron chi connectivity index (χ0n) is 20.7. The number of aromatic nitrogens is 2. The maximum atomic E-state index is 15.0. The van der Waals surface area contributed by atoms with Crippen molar-refractivity contribution in [2.45, 2.75) is 6.54 Å². The van der Waals surface area contributed by atoms with Crippen LogP contribution in [0.5, 0.6) is 0 Å². The van der Waals surface area contributed by atoms with Gasteiger partial charge < -0.3 is 9.30 Å². The van der Waals surface area contributed by atoms with Gasteiger partial charge in [-0.15, -0.1) is 0 Å². The Balaban J connectivity index is 1.50. The van der Waals surface area contributed by atoms with Crippen LogP contribution in [0.4, 0.5) is 8.78 Å². The van der Waals surface area contributed by atoms with Gasteiger partial charge in [0.25, 0.3) is 0 Å². The minimum Gasteiger partial charge on any atom is -0.422 e. The largest absolute Gasteiger partial charge is 0.422 e. The molecule has 6 aromatic rings. The van der Waals surface area contributed by atoms with E-state index >= 15 is 0 Å². The predicted octanol–water partition coefficient (Wildman–Crippen LogP) is 7.87. The van der Waals surface area contributed by atoms with Gasteiger partial charge in [-0.1, -0.05) is 78.9 Å². The van der Waals surface area contributed by atoms with Crippen molar-refractivity contribution < 1.29 is 18.3 Å². The number of nitrogens with zero attached hydrogens (tertiary/aromatic N) is 2. The quantitative estimate of drug-likeness (QED) is 0.167. The van der Waals surface area contributed by atoms with Crippen molar-refractivity contribution in [3.63, 3.8) is 0 Å². The van der Waals surface area contributed by atoms with Gasteiger partial charge in [0, 0.05) is 6.08 Å². The lowest BCUT2D eigenvalue weighted by Gasteiger charge is -2.13. The third-order valence-corrected chi connectivity index (χ3v) is 6.59. The maximum absolute atomic E-state index is 15.0. The molecule has 4 nitrogen and oxygen atoms in total. The fourth-order valence-corrected chi connectivity index (χ4v) is 4.69. The molecule has 0 spiro atoms. The molecule has 39 heavy (non-hydrogen) atoms. The minimum absolute atomic E-state index is 0.0611. The topological polar surface area (TPSA) is 44.1 Å². The summed E-state index contributed by atoms with van der Waals surface area (Å²) in [5, 5.41) is 2.22. The van der Waals surface area contributed by atoms with Crippen LogP contribution in [0.25, 0.3) is 33.6 Å². The third kappa shape index (κ3) is 4.80. The number of para-hydroxylation sites is 2. The number of fused-ring (bicyclic) bond motifs is 2. The first-order chi connectivity index (χ1) is 19.1. The smallest absolute Gasteiger partial charge is 0.346 e. The van der Waals surface area contributed by atoms with Crippen LogP contribution in [0, 0.1) is 11.6 Å². The standard InChI is InChI=1S/C33H22F2N2O2/c34-27-16-5-3-14-25(27)31(39-33(38)26-15-4-6-17-28(26)35)20-32-36-29-18-7-8-19-30(29)37(32)21-23-12-9-11-22-10-1-2-13-24(22)23/h1-20H,21H2. The summed E-state index contributed by atoms with van der Waals surface area (Å²) in [7, 11) is 0. The molecule has 0 N–H and O–H groups in total. The van der Waals surface area contributed by atoms with Crippen molar-refractivity contribution in [3.8, 4) is 0 Å². The van der Waals surface area contributed by atoms with Crippen LogP contribution in [-0.4, -0.2) is 15.5 Å². The SMILES string of the molecule is O=C(OC(=Cc1nc2ccccc2n1Cc1cccc2ccccc12)c1ccccc1F)c1ccccc1F. The zero-order chi connectivity index (χ0) is 26.8. The molecule has 0 saturated heterocycles. The molecule has 6 heteroatoms. The lowest BCUT2D eigenvalue weighted by molar-refractivity contribution is 0.0688. The number of hydrogen-bond donors (Lipinski definition) is 0. The van der Waals surface area contributed by atoms with Crippen molar-refractivity contribution in [3.05, 3.63) is 149 Å². The monoisotopic (exact) mass is 516 g/mol. The second kappa shape index (κ2) is 10.3. The molecule has 5 aromatic carbocycles. The Morgan fingerprint density at radius 2 is 1.38 bits per heavy atom. The molecule has 0 amide bonds. The molecule has 6 rings (SSSR count). The van der Waals surface area contributed by atoms with Crippen molar-refractivity contribution in [2.75, 3.05) is 0 Å². The molecule has 0 aliphatic heterocycles. The van der Waals surface area contributed by atoms with Crippen molar-refractivity contribution >= 4 is 39.6 Å². The Hall–Kier alpha value is -5.10. The summed E-state index contributed by atoms with van der Waals surface area (Å²) in [5.74, 6) is -1.85. The summed E-state index contributed by atoms with van der Waals surface area (Å²) in [6, 6.07) is 33.4. The van der Waals surface area contributed by atoms with Crippen LogP contribution >= 0.6 is 0 Å². The first kappa shape index (κ1) is 24.2. The fraction of sp³-hybridized carbons (Fsp3) is 0.0303. The molecule has 0 aliphatic rings. The predicted molar refractivity (Wildman–Crippen MR) is 149 cm³/mol. The highest BCUT2D eigenvalue weighted by atomic mass is 19.1. The number of carbonyl (C=O) groups is 1. The molecule has 0 radical (unpaired) electrons. The van der Waals surface area contributed by atoms with Crippen LogP contribution in [0.1, 0.15) is 27.3 Å². The molecule has 0 bridgehead atoms. The number of halogens is 2.